The summed E-state index contributed by atoms with van der Waals surface area (Å²) in [5, 5.41) is 6.30. The van der Waals surface area contributed by atoms with E-state index < -0.39 is 0 Å². The van der Waals surface area contributed by atoms with Crippen molar-refractivity contribution in [2.75, 3.05) is 0 Å². The number of hydrogen-bond acceptors (Lipinski definition) is 2. The van der Waals surface area contributed by atoms with Gasteiger partial charge in [-0.3, -0.25) is 4.98 Å². The zero-order valence-electron chi connectivity index (χ0n) is 12.3. The van der Waals surface area contributed by atoms with E-state index in [9.17, 15) is 0 Å². The van der Waals surface area contributed by atoms with Crippen LogP contribution in [0.25, 0.3) is 10.8 Å². The van der Waals surface area contributed by atoms with Crippen LogP contribution in [0, 0.1) is 5.92 Å². The van der Waals surface area contributed by atoms with Gasteiger partial charge in [0, 0.05) is 30.4 Å². The van der Waals surface area contributed by atoms with Crippen molar-refractivity contribution in [2.24, 2.45) is 5.92 Å². The first-order valence-electron chi connectivity index (χ1n) is 7.92. The van der Waals surface area contributed by atoms with Crippen LogP contribution in [-0.4, -0.2) is 11.0 Å². The van der Waals surface area contributed by atoms with Gasteiger partial charge in [0.15, 0.2) is 0 Å². The number of fused-ring (bicyclic) bond motifs is 1. The molecule has 1 heterocycles. The Labute approximate surface area is 121 Å². The zero-order chi connectivity index (χ0) is 13.8. The summed E-state index contributed by atoms with van der Waals surface area (Å²) in [4.78, 5) is 4.36. The molecule has 0 spiro atoms. The van der Waals surface area contributed by atoms with Crippen molar-refractivity contribution in [1.29, 1.82) is 0 Å². The van der Waals surface area contributed by atoms with Gasteiger partial charge in [0.2, 0.25) is 0 Å². The Kier molecular flexibility index (Phi) is 4.31. The summed E-state index contributed by atoms with van der Waals surface area (Å²) in [5.41, 5.74) is 1.32. The molecule has 20 heavy (non-hydrogen) atoms. The molecule has 1 aliphatic carbocycles. The highest BCUT2D eigenvalue weighted by Crippen LogP contribution is 2.27. The fourth-order valence-corrected chi connectivity index (χ4v) is 3.35. The number of nitrogens with one attached hydrogen (secondary N) is 1. The van der Waals surface area contributed by atoms with Crippen molar-refractivity contribution in [1.82, 2.24) is 10.3 Å². The van der Waals surface area contributed by atoms with Gasteiger partial charge >= 0.3 is 0 Å². The van der Waals surface area contributed by atoms with Crippen LogP contribution in [0.15, 0.2) is 36.7 Å². The van der Waals surface area contributed by atoms with Gasteiger partial charge in [0.05, 0.1) is 0 Å². The van der Waals surface area contributed by atoms with Crippen LogP contribution in [0.5, 0.6) is 0 Å². The van der Waals surface area contributed by atoms with Crippen LogP contribution in [0.2, 0.25) is 0 Å². The molecule has 2 heteroatoms. The highest BCUT2D eigenvalue weighted by atomic mass is 14.9. The van der Waals surface area contributed by atoms with Crippen molar-refractivity contribution < 1.29 is 0 Å². The lowest BCUT2D eigenvalue weighted by Crippen LogP contribution is -2.32. The highest BCUT2D eigenvalue weighted by molar-refractivity contribution is 5.84. The maximum Gasteiger partial charge on any atom is 0.0346 e. The molecule has 1 aromatic carbocycles. The first-order valence-corrected chi connectivity index (χ1v) is 7.92. The quantitative estimate of drug-likeness (QED) is 0.894. The Morgan fingerprint density at radius 3 is 2.70 bits per heavy atom. The van der Waals surface area contributed by atoms with Gasteiger partial charge in [0.25, 0.3) is 0 Å². The average Bonchev–Trinajstić information content (AvgIpc) is 2.53. The second kappa shape index (κ2) is 6.36. The Bertz CT molecular complexity index is 551. The van der Waals surface area contributed by atoms with Gasteiger partial charge in [-0.1, -0.05) is 37.6 Å². The van der Waals surface area contributed by atoms with Crippen LogP contribution in [0.1, 0.15) is 44.6 Å². The van der Waals surface area contributed by atoms with Gasteiger partial charge in [-0.05, 0) is 42.6 Å². The number of rotatable bonds is 4. The molecule has 0 radical (unpaired) electrons. The van der Waals surface area contributed by atoms with Crippen LogP contribution >= 0.6 is 0 Å². The fourth-order valence-electron chi connectivity index (χ4n) is 3.35. The van der Waals surface area contributed by atoms with E-state index in [1.807, 2.05) is 12.4 Å². The predicted molar refractivity (Wildman–Crippen MR) is 84.6 cm³/mol. The minimum absolute atomic E-state index is 0.691. The van der Waals surface area contributed by atoms with E-state index in [-0.39, 0.29) is 0 Å². The summed E-state index contributed by atoms with van der Waals surface area (Å²) in [6.45, 7) is 3.26. The standard InChI is InChI=1S/C18H24N2/c1-2-14-7-9-17(10-8-14)20-13-16-12-19-11-15-5-3-4-6-18(15)16/h3-6,11-12,14,17,20H,2,7-10,13H2,1H3. The van der Waals surface area contributed by atoms with Crippen molar-refractivity contribution in [2.45, 2.75) is 51.6 Å². The number of pyridine rings is 1. The van der Waals surface area contributed by atoms with Crippen LogP contribution in [0.3, 0.4) is 0 Å². The van der Waals surface area contributed by atoms with E-state index in [2.05, 4.69) is 41.5 Å². The highest BCUT2D eigenvalue weighted by Gasteiger charge is 2.19. The Balaban J connectivity index is 1.63. The topological polar surface area (TPSA) is 24.9 Å². The van der Waals surface area contributed by atoms with Crippen LogP contribution in [-0.2, 0) is 6.54 Å². The Hall–Kier alpha value is -1.41. The number of nitrogens with zero attached hydrogens (tertiary/aromatic N) is 1. The first-order chi connectivity index (χ1) is 9.86. The maximum absolute atomic E-state index is 4.36. The SMILES string of the molecule is CCC1CCC(NCc2cncc3ccccc23)CC1. The number of benzene rings is 1. The largest absolute Gasteiger partial charge is 0.310 e. The third-order valence-electron chi connectivity index (χ3n) is 4.76. The molecule has 1 N–H and O–H groups in total. The van der Waals surface area contributed by atoms with Crippen molar-refractivity contribution >= 4 is 10.8 Å². The molecular formula is C18H24N2. The number of hydrogen-bond donors (Lipinski definition) is 1. The molecule has 0 atom stereocenters. The second-order valence-electron chi connectivity index (χ2n) is 6.03. The Morgan fingerprint density at radius 1 is 1.10 bits per heavy atom. The molecule has 0 aliphatic heterocycles. The molecule has 3 rings (SSSR count). The summed E-state index contributed by atoms with van der Waals surface area (Å²) >= 11 is 0. The monoisotopic (exact) mass is 268 g/mol. The van der Waals surface area contributed by atoms with E-state index in [0.717, 1.165) is 12.5 Å². The summed E-state index contributed by atoms with van der Waals surface area (Å²) in [5.74, 6) is 0.965. The second-order valence-corrected chi connectivity index (χ2v) is 6.03. The summed E-state index contributed by atoms with van der Waals surface area (Å²) < 4.78 is 0. The van der Waals surface area contributed by atoms with Crippen molar-refractivity contribution in [3.05, 3.63) is 42.2 Å². The molecule has 1 aromatic heterocycles. The summed E-state index contributed by atoms with van der Waals surface area (Å²) in [6, 6.07) is 9.21. The third-order valence-corrected chi connectivity index (χ3v) is 4.76. The molecule has 1 saturated carbocycles. The summed E-state index contributed by atoms with van der Waals surface area (Å²) in [6.07, 6.45) is 10.7. The molecule has 106 valence electrons. The normalized spacial score (nSPS) is 23.1. The lowest BCUT2D eigenvalue weighted by atomic mass is 9.84. The fraction of sp³-hybridized carbons (Fsp3) is 0.500. The van der Waals surface area contributed by atoms with E-state index >= 15 is 0 Å². The number of aromatic nitrogens is 1. The van der Waals surface area contributed by atoms with Gasteiger partial charge in [-0.2, -0.15) is 0 Å². The molecule has 0 saturated heterocycles. The van der Waals surface area contributed by atoms with E-state index in [0.29, 0.717) is 6.04 Å². The molecule has 2 nitrogen and oxygen atoms in total. The van der Waals surface area contributed by atoms with E-state index in [1.54, 1.807) is 0 Å². The molecule has 0 unspecified atom stereocenters. The van der Waals surface area contributed by atoms with Gasteiger partial charge in [-0.15, -0.1) is 0 Å². The average molecular weight is 268 g/mol. The van der Waals surface area contributed by atoms with Crippen molar-refractivity contribution in [3.63, 3.8) is 0 Å². The molecule has 0 bridgehead atoms. The van der Waals surface area contributed by atoms with Gasteiger partial charge in [-0.25, -0.2) is 0 Å². The minimum Gasteiger partial charge on any atom is -0.310 e. The van der Waals surface area contributed by atoms with E-state index in [1.165, 1.54) is 48.4 Å². The third kappa shape index (κ3) is 3.01. The van der Waals surface area contributed by atoms with Crippen LogP contribution < -0.4 is 5.32 Å². The molecule has 0 amide bonds. The maximum atomic E-state index is 4.36. The lowest BCUT2D eigenvalue weighted by molar-refractivity contribution is 0.285. The lowest BCUT2D eigenvalue weighted by Gasteiger charge is -2.28. The molecule has 2 aromatic rings. The van der Waals surface area contributed by atoms with Crippen LogP contribution in [0.4, 0.5) is 0 Å². The molecule has 1 fully saturated rings. The van der Waals surface area contributed by atoms with Gasteiger partial charge < -0.3 is 5.32 Å². The Morgan fingerprint density at radius 2 is 1.90 bits per heavy atom. The molecule has 1 aliphatic rings. The molecular weight excluding hydrogens is 244 g/mol. The minimum atomic E-state index is 0.691. The smallest absolute Gasteiger partial charge is 0.0346 e. The van der Waals surface area contributed by atoms with E-state index in [4.69, 9.17) is 0 Å². The summed E-state index contributed by atoms with van der Waals surface area (Å²) in [7, 11) is 0. The van der Waals surface area contributed by atoms with Crippen molar-refractivity contribution in [3.8, 4) is 0 Å². The van der Waals surface area contributed by atoms with Gasteiger partial charge in [0.1, 0.15) is 0 Å². The first kappa shape index (κ1) is 13.6. The predicted octanol–water partition coefficient (Wildman–Crippen LogP) is 4.29. The zero-order valence-corrected chi connectivity index (χ0v) is 12.3.